The summed E-state index contributed by atoms with van der Waals surface area (Å²) >= 11 is 0. The van der Waals surface area contributed by atoms with Gasteiger partial charge >= 0.3 is 0 Å². The maximum absolute atomic E-state index is 12.9. The number of furan rings is 1. The number of amides is 2. The minimum atomic E-state index is -0.436. The first-order valence-electron chi connectivity index (χ1n) is 8.79. The average molecular weight is 361 g/mol. The van der Waals surface area contributed by atoms with Gasteiger partial charge in [-0.25, -0.2) is 0 Å². The van der Waals surface area contributed by atoms with Crippen molar-refractivity contribution in [1.29, 1.82) is 0 Å². The Balaban J connectivity index is 1.56. The lowest BCUT2D eigenvalue weighted by Gasteiger charge is -2.24. The summed E-state index contributed by atoms with van der Waals surface area (Å²) in [5, 5.41) is 2.86. The summed E-state index contributed by atoms with van der Waals surface area (Å²) in [4.78, 5) is 31.5. The minimum Gasteiger partial charge on any atom is -0.465 e. The smallest absolute Gasteiger partial charge is 0.260 e. The lowest BCUT2D eigenvalue weighted by Crippen LogP contribution is -2.32. The Morgan fingerprint density at radius 2 is 1.96 bits per heavy atom. The van der Waals surface area contributed by atoms with Crippen molar-refractivity contribution in [3.8, 4) is 0 Å². The van der Waals surface area contributed by atoms with E-state index >= 15 is 0 Å². The molecule has 136 valence electrons. The molecule has 0 saturated heterocycles. The number of aromatic nitrogens is 1. The molecule has 1 aliphatic rings. The second kappa shape index (κ2) is 7.07. The monoisotopic (exact) mass is 361 g/mol. The molecule has 1 atom stereocenters. The van der Waals surface area contributed by atoms with E-state index in [2.05, 4.69) is 10.3 Å². The van der Waals surface area contributed by atoms with Crippen LogP contribution in [0.5, 0.6) is 0 Å². The lowest BCUT2D eigenvalue weighted by molar-refractivity contribution is -0.121. The average Bonchev–Trinajstić information content (AvgIpc) is 3.23. The Labute approximate surface area is 156 Å². The first-order chi connectivity index (χ1) is 13.1. The molecule has 1 aromatic carbocycles. The molecule has 2 aromatic heterocycles. The predicted molar refractivity (Wildman–Crippen MR) is 100 cm³/mol. The molecule has 2 amide bonds. The number of para-hydroxylation sites is 1. The standard InChI is InChI=1S/C21H19N3O3/c1-14-9-10-16(27-14)13-23-19(25)12-18-20-17(8-5-11-22-20)21(26)24(18)15-6-3-2-4-7-15/h2-11,18H,12-13H2,1H3,(H,23,25)/t18-/m1/s1. The van der Waals surface area contributed by atoms with Crippen molar-refractivity contribution in [2.45, 2.75) is 25.9 Å². The number of carbonyl (C=O) groups excluding carboxylic acids is 2. The van der Waals surface area contributed by atoms with Gasteiger partial charge in [0.1, 0.15) is 11.5 Å². The van der Waals surface area contributed by atoms with Crippen LogP contribution < -0.4 is 10.2 Å². The van der Waals surface area contributed by atoms with Gasteiger partial charge in [-0.15, -0.1) is 0 Å². The molecule has 0 fully saturated rings. The van der Waals surface area contributed by atoms with Crippen LogP contribution in [0.15, 0.2) is 65.2 Å². The SMILES string of the molecule is Cc1ccc(CNC(=O)C[C@@H]2c3ncccc3C(=O)N2c2ccccc2)o1. The van der Waals surface area contributed by atoms with E-state index in [-0.39, 0.29) is 18.2 Å². The molecule has 0 unspecified atom stereocenters. The second-order valence-electron chi connectivity index (χ2n) is 6.46. The van der Waals surface area contributed by atoms with E-state index in [4.69, 9.17) is 4.42 Å². The molecular formula is C21H19N3O3. The Morgan fingerprint density at radius 3 is 2.70 bits per heavy atom. The van der Waals surface area contributed by atoms with Crippen molar-refractivity contribution in [2.75, 3.05) is 4.90 Å². The molecule has 4 rings (SSSR count). The normalized spacial score (nSPS) is 15.7. The van der Waals surface area contributed by atoms with E-state index in [1.807, 2.05) is 49.4 Å². The number of hydrogen-bond donors (Lipinski definition) is 1. The van der Waals surface area contributed by atoms with Crippen molar-refractivity contribution < 1.29 is 14.0 Å². The van der Waals surface area contributed by atoms with Crippen LogP contribution in [-0.2, 0) is 11.3 Å². The highest BCUT2D eigenvalue weighted by Gasteiger charge is 2.39. The van der Waals surface area contributed by atoms with E-state index < -0.39 is 6.04 Å². The molecule has 6 nitrogen and oxygen atoms in total. The Hall–Kier alpha value is -3.41. The van der Waals surface area contributed by atoms with Gasteiger partial charge in [-0.3, -0.25) is 19.5 Å². The van der Waals surface area contributed by atoms with Crippen LogP contribution in [0.1, 0.15) is 40.0 Å². The summed E-state index contributed by atoms with van der Waals surface area (Å²) in [5.74, 6) is 1.20. The van der Waals surface area contributed by atoms with Crippen LogP contribution >= 0.6 is 0 Å². The number of nitrogens with one attached hydrogen (secondary N) is 1. The number of aryl methyl sites for hydroxylation is 1. The number of carbonyl (C=O) groups is 2. The molecule has 0 aliphatic carbocycles. The molecule has 1 aliphatic heterocycles. The van der Waals surface area contributed by atoms with Crippen LogP contribution in [0.2, 0.25) is 0 Å². The number of fused-ring (bicyclic) bond motifs is 1. The number of nitrogens with zero attached hydrogens (tertiary/aromatic N) is 2. The van der Waals surface area contributed by atoms with Gasteiger partial charge in [-0.2, -0.15) is 0 Å². The van der Waals surface area contributed by atoms with Crippen molar-refractivity contribution in [3.05, 3.63) is 83.6 Å². The van der Waals surface area contributed by atoms with Gasteiger partial charge in [-0.1, -0.05) is 18.2 Å². The highest BCUT2D eigenvalue weighted by Crippen LogP contribution is 2.38. The van der Waals surface area contributed by atoms with Crippen LogP contribution in [0, 0.1) is 6.92 Å². The van der Waals surface area contributed by atoms with E-state index in [1.54, 1.807) is 23.2 Å². The molecule has 0 bridgehead atoms. The molecule has 6 heteroatoms. The Morgan fingerprint density at radius 1 is 1.15 bits per heavy atom. The lowest BCUT2D eigenvalue weighted by atomic mass is 10.1. The fourth-order valence-electron chi connectivity index (χ4n) is 3.34. The van der Waals surface area contributed by atoms with E-state index in [0.29, 0.717) is 23.6 Å². The summed E-state index contributed by atoms with van der Waals surface area (Å²) in [6, 6.07) is 16.1. The number of pyridine rings is 1. The molecular weight excluding hydrogens is 342 g/mol. The predicted octanol–water partition coefficient (Wildman–Crippen LogP) is 3.39. The van der Waals surface area contributed by atoms with Gasteiger partial charge in [0.25, 0.3) is 5.91 Å². The summed E-state index contributed by atoms with van der Waals surface area (Å²) in [7, 11) is 0. The quantitative estimate of drug-likeness (QED) is 0.756. The summed E-state index contributed by atoms with van der Waals surface area (Å²) < 4.78 is 5.48. The fourth-order valence-corrected chi connectivity index (χ4v) is 3.34. The third kappa shape index (κ3) is 3.33. The van der Waals surface area contributed by atoms with E-state index in [0.717, 1.165) is 11.4 Å². The van der Waals surface area contributed by atoms with Crippen LogP contribution in [0.25, 0.3) is 0 Å². The third-order valence-corrected chi connectivity index (χ3v) is 4.58. The first kappa shape index (κ1) is 17.0. The molecule has 0 spiro atoms. The van der Waals surface area contributed by atoms with Crippen LogP contribution in [0.4, 0.5) is 5.69 Å². The maximum atomic E-state index is 12.9. The van der Waals surface area contributed by atoms with Crippen LogP contribution in [-0.4, -0.2) is 16.8 Å². The molecule has 3 heterocycles. The Kier molecular flexibility index (Phi) is 4.46. The number of hydrogen-bond acceptors (Lipinski definition) is 4. The number of anilines is 1. The molecule has 0 saturated carbocycles. The van der Waals surface area contributed by atoms with Crippen molar-refractivity contribution >= 4 is 17.5 Å². The molecule has 27 heavy (non-hydrogen) atoms. The zero-order valence-corrected chi connectivity index (χ0v) is 14.9. The zero-order chi connectivity index (χ0) is 18.8. The van der Waals surface area contributed by atoms with Crippen molar-refractivity contribution in [1.82, 2.24) is 10.3 Å². The molecule has 1 N–H and O–H groups in total. The molecule has 3 aromatic rings. The largest absolute Gasteiger partial charge is 0.465 e. The van der Waals surface area contributed by atoms with Crippen molar-refractivity contribution in [3.63, 3.8) is 0 Å². The summed E-state index contributed by atoms with van der Waals surface area (Å²) in [5.41, 5.74) is 1.93. The Bertz CT molecular complexity index is 981. The van der Waals surface area contributed by atoms with E-state index in [1.165, 1.54) is 0 Å². The number of benzene rings is 1. The molecule has 0 radical (unpaired) electrons. The summed E-state index contributed by atoms with van der Waals surface area (Å²) in [6.45, 7) is 2.17. The third-order valence-electron chi connectivity index (χ3n) is 4.58. The fraction of sp³-hybridized carbons (Fsp3) is 0.190. The highest BCUT2D eigenvalue weighted by molar-refractivity contribution is 6.11. The van der Waals surface area contributed by atoms with Crippen LogP contribution in [0.3, 0.4) is 0 Å². The van der Waals surface area contributed by atoms with Gasteiger partial charge in [0.15, 0.2) is 0 Å². The topological polar surface area (TPSA) is 75.4 Å². The maximum Gasteiger partial charge on any atom is 0.260 e. The number of rotatable bonds is 5. The van der Waals surface area contributed by atoms with Gasteiger partial charge in [-0.05, 0) is 43.3 Å². The van der Waals surface area contributed by atoms with Gasteiger partial charge in [0.2, 0.25) is 5.91 Å². The van der Waals surface area contributed by atoms with Crippen molar-refractivity contribution in [2.24, 2.45) is 0 Å². The highest BCUT2D eigenvalue weighted by atomic mass is 16.3. The second-order valence-corrected chi connectivity index (χ2v) is 6.46. The van der Waals surface area contributed by atoms with Gasteiger partial charge < -0.3 is 9.73 Å². The van der Waals surface area contributed by atoms with E-state index in [9.17, 15) is 9.59 Å². The zero-order valence-electron chi connectivity index (χ0n) is 14.9. The van der Waals surface area contributed by atoms with Gasteiger partial charge in [0.05, 0.1) is 30.3 Å². The van der Waals surface area contributed by atoms with Gasteiger partial charge in [0, 0.05) is 11.9 Å². The first-order valence-corrected chi connectivity index (χ1v) is 8.79. The summed E-state index contributed by atoms with van der Waals surface area (Å²) in [6.07, 6.45) is 1.78. The minimum absolute atomic E-state index is 0.129.